The van der Waals surface area contributed by atoms with Gasteiger partial charge in [-0.1, -0.05) is 34.6 Å². The number of amides is 1. The highest BCUT2D eigenvalue weighted by Gasteiger charge is 2.30. The number of thioether (sulfide) groups is 1. The first-order valence-corrected chi connectivity index (χ1v) is 8.39. The number of aryl methyl sites for hydroxylation is 1. The highest BCUT2D eigenvalue weighted by atomic mass is 32.2. The number of aliphatic imine (C=N–C) groups is 1. The molecular formula is C15H19N3O2S2. The minimum Gasteiger partial charge on any atom is -0.296 e. The summed E-state index contributed by atoms with van der Waals surface area (Å²) in [6.45, 7) is 7.86. The molecule has 0 N–H and O–H groups in total. The van der Waals surface area contributed by atoms with Gasteiger partial charge in [0, 0.05) is 11.9 Å². The Morgan fingerprint density at radius 2 is 1.95 bits per heavy atom. The lowest BCUT2D eigenvalue weighted by atomic mass is 10.2. The minimum atomic E-state index is -0.517. The second kappa shape index (κ2) is 6.75. The van der Waals surface area contributed by atoms with Crippen molar-refractivity contribution >= 4 is 40.6 Å². The Labute approximate surface area is 139 Å². The molecule has 0 fully saturated rings. The van der Waals surface area contributed by atoms with E-state index in [1.54, 1.807) is 7.05 Å². The highest BCUT2D eigenvalue weighted by molar-refractivity contribution is 8.17. The maximum Gasteiger partial charge on any atom is 0.446 e. The number of rotatable bonds is 3. The van der Waals surface area contributed by atoms with Gasteiger partial charge in [0.1, 0.15) is 4.87 Å². The maximum atomic E-state index is 12.0. The monoisotopic (exact) mass is 337 g/mol. The molecule has 0 unspecified atom stereocenters. The Kier molecular flexibility index (Phi) is 5.18. The molecule has 1 amide bonds. The molecule has 0 bridgehead atoms. The van der Waals surface area contributed by atoms with Gasteiger partial charge in [0.15, 0.2) is 5.04 Å². The van der Waals surface area contributed by atoms with Crippen LogP contribution in [0.1, 0.15) is 26.3 Å². The third-order valence-electron chi connectivity index (χ3n) is 2.82. The van der Waals surface area contributed by atoms with Crippen molar-refractivity contribution < 1.29 is 9.63 Å². The number of carbonyl (C=O) groups excluding carboxylic acids is 1. The van der Waals surface area contributed by atoms with Crippen molar-refractivity contribution in [1.82, 2.24) is 4.31 Å². The number of benzene rings is 1. The van der Waals surface area contributed by atoms with E-state index in [-0.39, 0.29) is 4.87 Å². The Balaban J connectivity index is 1.92. The minimum absolute atomic E-state index is 0.252. The Morgan fingerprint density at radius 3 is 2.50 bits per heavy atom. The topological polar surface area (TPSA) is 54.3 Å². The first-order chi connectivity index (χ1) is 10.3. The molecule has 2 rings (SSSR count). The summed E-state index contributed by atoms with van der Waals surface area (Å²) in [5.41, 5.74) is 1.97. The van der Waals surface area contributed by atoms with Crippen LogP contribution in [0.3, 0.4) is 0 Å². The molecule has 1 heterocycles. The Hall–Kier alpha value is -1.47. The van der Waals surface area contributed by atoms with E-state index in [1.807, 2.05) is 52.0 Å². The van der Waals surface area contributed by atoms with Crippen LogP contribution in [0.4, 0.5) is 4.79 Å². The zero-order chi connectivity index (χ0) is 16.3. The van der Waals surface area contributed by atoms with Crippen LogP contribution in [0.2, 0.25) is 0 Å². The molecule has 0 saturated heterocycles. The molecular weight excluding hydrogens is 318 g/mol. The Morgan fingerprint density at radius 1 is 1.32 bits per heavy atom. The largest absolute Gasteiger partial charge is 0.446 e. The molecule has 0 spiro atoms. The molecule has 1 aromatic rings. The van der Waals surface area contributed by atoms with Gasteiger partial charge in [-0.2, -0.15) is 0 Å². The van der Waals surface area contributed by atoms with Crippen molar-refractivity contribution in [1.29, 1.82) is 0 Å². The number of hydrogen-bond donors (Lipinski definition) is 0. The van der Waals surface area contributed by atoms with Gasteiger partial charge < -0.3 is 0 Å². The van der Waals surface area contributed by atoms with Gasteiger partial charge in [-0.15, -0.1) is 0 Å². The van der Waals surface area contributed by atoms with E-state index in [0.717, 1.165) is 10.6 Å². The first kappa shape index (κ1) is 16.9. The van der Waals surface area contributed by atoms with Crippen molar-refractivity contribution in [2.75, 3.05) is 7.05 Å². The fourth-order valence-electron chi connectivity index (χ4n) is 1.80. The van der Waals surface area contributed by atoms with Gasteiger partial charge in [0.05, 0.1) is 5.71 Å². The van der Waals surface area contributed by atoms with Crippen molar-refractivity contribution in [2.45, 2.75) is 37.5 Å². The van der Waals surface area contributed by atoms with Crippen LogP contribution in [0.15, 0.2) is 39.3 Å². The van der Waals surface area contributed by atoms with Gasteiger partial charge >= 0.3 is 6.09 Å². The molecule has 118 valence electrons. The van der Waals surface area contributed by atoms with E-state index in [4.69, 9.17) is 4.84 Å². The molecule has 0 saturated carbocycles. The zero-order valence-corrected chi connectivity index (χ0v) is 14.9. The van der Waals surface area contributed by atoms with Crippen LogP contribution in [0, 0.1) is 6.92 Å². The van der Waals surface area contributed by atoms with Gasteiger partial charge in [-0.25, -0.2) is 9.10 Å². The third kappa shape index (κ3) is 4.51. The van der Waals surface area contributed by atoms with Crippen molar-refractivity contribution in [2.24, 2.45) is 10.1 Å². The predicted molar refractivity (Wildman–Crippen MR) is 93.5 cm³/mol. The molecule has 1 aromatic carbocycles. The molecule has 7 heteroatoms. The van der Waals surface area contributed by atoms with E-state index >= 15 is 0 Å². The number of carbonyl (C=O) groups is 1. The molecule has 0 aromatic heterocycles. The SMILES string of the molecule is CC1=NC(C)(C)SC1=NOC(=O)N(C)Sc1ccc(C)cc1. The van der Waals surface area contributed by atoms with E-state index < -0.39 is 6.09 Å². The average Bonchev–Trinajstić information content (AvgIpc) is 2.71. The van der Waals surface area contributed by atoms with Gasteiger partial charge in [0.2, 0.25) is 0 Å². The lowest BCUT2D eigenvalue weighted by Crippen LogP contribution is -2.19. The molecule has 5 nitrogen and oxygen atoms in total. The van der Waals surface area contributed by atoms with Gasteiger partial charge in [-0.05, 0) is 51.8 Å². The summed E-state index contributed by atoms with van der Waals surface area (Å²) >= 11 is 2.77. The van der Waals surface area contributed by atoms with Crippen LogP contribution in [-0.2, 0) is 4.84 Å². The second-order valence-electron chi connectivity index (χ2n) is 5.40. The number of oxime groups is 1. The Bertz CT molecular complexity index is 624. The second-order valence-corrected chi connectivity index (χ2v) is 8.19. The van der Waals surface area contributed by atoms with Crippen molar-refractivity contribution in [3.8, 4) is 0 Å². The smallest absolute Gasteiger partial charge is 0.296 e. The molecule has 1 aliphatic rings. The quantitative estimate of drug-likeness (QED) is 0.468. The first-order valence-electron chi connectivity index (χ1n) is 6.80. The van der Waals surface area contributed by atoms with E-state index in [1.165, 1.54) is 33.6 Å². The number of nitrogens with zero attached hydrogens (tertiary/aromatic N) is 3. The third-order valence-corrected chi connectivity index (χ3v) is 4.88. The zero-order valence-electron chi connectivity index (χ0n) is 13.3. The van der Waals surface area contributed by atoms with Crippen molar-refractivity contribution in [3.63, 3.8) is 0 Å². The summed E-state index contributed by atoms with van der Waals surface area (Å²) in [4.78, 5) is 22.1. The summed E-state index contributed by atoms with van der Waals surface area (Å²) in [6, 6.07) is 7.92. The lowest BCUT2D eigenvalue weighted by Gasteiger charge is -2.13. The van der Waals surface area contributed by atoms with Crippen LogP contribution in [-0.4, -0.2) is 33.1 Å². The fraction of sp³-hybridized carbons (Fsp3) is 0.400. The van der Waals surface area contributed by atoms with Gasteiger partial charge in [-0.3, -0.25) is 9.83 Å². The summed E-state index contributed by atoms with van der Waals surface area (Å²) in [6.07, 6.45) is -0.517. The summed E-state index contributed by atoms with van der Waals surface area (Å²) in [7, 11) is 1.65. The standard InChI is InChI=1S/C15H19N3O2S2/c1-10-6-8-12(9-7-10)22-18(5)14(19)20-17-13-11(2)16-15(3,4)21-13/h6-9H,1-5H3. The molecule has 1 aliphatic heterocycles. The normalized spacial score (nSPS) is 18.2. The summed E-state index contributed by atoms with van der Waals surface area (Å²) < 4.78 is 1.41. The summed E-state index contributed by atoms with van der Waals surface area (Å²) in [5.74, 6) is 0. The summed E-state index contributed by atoms with van der Waals surface area (Å²) in [5, 5.41) is 4.57. The highest BCUT2D eigenvalue weighted by Crippen LogP contribution is 2.34. The predicted octanol–water partition coefficient (Wildman–Crippen LogP) is 4.33. The fourth-order valence-corrected chi connectivity index (χ4v) is 3.41. The van der Waals surface area contributed by atoms with Crippen LogP contribution < -0.4 is 0 Å². The maximum absolute atomic E-state index is 12.0. The van der Waals surface area contributed by atoms with E-state index in [9.17, 15) is 4.79 Å². The van der Waals surface area contributed by atoms with E-state index in [0.29, 0.717) is 5.04 Å². The molecule has 0 radical (unpaired) electrons. The molecule has 22 heavy (non-hydrogen) atoms. The van der Waals surface area contributed by atoms with Gasteiger partial charge in [0.25, 0.3) is 0 Å². The van der Waals surface area contributed by atoms with Crippen LogP contribution in [0.5, 0.6) is 0 Å². The molecule has 0 atom stereocenters. The van der Waals surface area contributed by atoms with Crippen LogP contribution in [0.25, 0.3) is 0 Å². The lowest BCUT2D eigenvalue weighted by molar-refractivity contribution is 0.137. The average molecular weight is 337 g/mol. The van der Waals surface area contributed by atoms with Crippen LogP contribution >= 0.6 is 23.7 Å². The molecule has 0 aliphatic carbocycles. The van der Waals surface area contributed by atoms with Crippen molar-refractivity contribution in [3.05, 3.63) is 29.8 Å². The number of hydrogen-bond acceptors (Lipinski definition) is 6. The van der Waals surface area contributed by atoms with E-state index in [2.05, 4.69) is 10.1 Å².